The topological polar surface area (TPSA) is 102 Å². The Morgan fingerprint density at radius 1 is 1.25 bits per heavy atom. The summed E-state index contributed by atoms with van der Waals surface area (Å²) in [5.41, 5.74) is 11.1. The summed E-state index contributed by atoms with van der Waals surface area (Å²) in [6.07, 6.45) is 3.32. The van der Waals surface area contributed by atoms with Crippen molar-refractivity contribution in [3.63, 3.8) is 0 Å². The fourth-order valence-corrected chi connectivity index (χ4v) is 5.04. The molecule has 186 valence electrons. The number of nitrogens with zero attached hydrogens (tertiary/aromatic N) is 5. The zero-order valence-corrected chi connectivity index (χ0v) is 20.6. The van der Waals surface area contributed by atoms with Gasteiger partial charge in [-0.3, -0.25) is 4.99 Å². The molecule has 3 heterocycles. The van der Waals surface area contributed by atoms with Gasteiger partial charge >= 0.3 is 0 Å². The molecule has 4 aromatic rings. The molecule has 1 aliphatic rings. The van der Waals surface area contributed by atoms with E-state index in [0.29, 0.717) is 34.4 Å². The molecule has 2 aromatic heterocycles. The van der Waals surface area contributed by atoms with Crippen LogP contribution in [0.25, 0.3) is 26.7 Å². The third-order valence-electron chi connectivity index (χ3n) is 6.07. The van der Waals surface area contributed by atoms with E-state index in [0.717, 1.165) is 15.9 Å². The number of benzene rings is 2. The minimum Gasteiger partial charge on any atom is -0.483 e. The van der Waals surface area contributed by atoms with Gasteiger partial charge in [0.2, 0.25) is 0 Å². The van der Waals surface area contributed by atoms with E-state index in [1.165, 1.54) is 23.9 Å². The van der Waals surface area contributed by atoms with Crippen LogP contribution in [-0.4, -0.2) is 65.3 Å². The Bertz CT molecular complexity index is 1470. The number of hydrogen-bond acceptors (Lipinski definition) is 9. The quantitative estimate of drug-likeness (QED) is 0.363. The van der Waals surface area contributed by atoms with Gasteiger partial charge < -0.3 is 20.7 Å². The van der Waals surface area contributed by atoms with E-state index in [1.54, 1.807) is 36.8 Å². The second-order valence-corrected chi connectivity index (χ2v) is 9.54. The van der Waals surface area contributed by atoms with E-state index in [9.17, 15) is 8.78 Å². The Balaban J connectivity index is 1.62. The standard InChI is InChI=1S/C25H25F2N7OS/c1-29-11-16(10-28)15-7-19-23(20(8-15)35-22-5-6-34(2)12-25(22,26)27)24(31-13-30-19)33-17-3-4-18-21(9-17)36-14-32-18/h3-4,7-11,13-14,22H,5-6,12,28H2,1-2H3,(H,30,31,33)/b16-10+,29-11?. The molecule has 0 bridgehead atoms. The van der Waals surface area contributed by atoms with E-state index in [-0.39, 0.29) is 18.7 Å². The number of thiazole rings is 1. The highest BCUT2D eigenvalue weighted by atomic mass is 32.1. The number of ether oxygens (including phenoxy) is 1. The zero-order valence-electron chi connectivity index (χ0n) is 19.8. The van der Waals surface area contributed by atoms with Gasteiger partial charge in [0.05, 0.1) is 33.2 Å². The highest BCUT2D eigenvalue weighted by Gasteiger charge is 2.45. The van der Waals surface area contributed by atoms with Crippen LogP contribution in [0.5, 0.6) is 5.75 Å². The van der Waals surface area contributed by atoms with Crippen molar-refractivity contribution in [2.45, 2.75) is 18.4 Å². The molecule has 1 unspecified atom stereocenters. The monoisotopic (exact) mass is 509 g/mol. The Morgan fingerprint density at radius 3 is 2.89 bits per heavy atom. The number of aliphatic imine (C=N–C) groups is 1. The predicted molar refractivity (Wildman–Crippen MR) is 140 cm³/mol. The summed E-state index contributed by atoms with van der Waals surface area (Å²) in [6.45, 7) is 0.132. The summed E-state index contributed by atoms with van der Waals surface area (Å²) < 4.78 is 37.0. The highest BCUT2D eigenvalue weighted by molar-refractivity contribution is 7.16. The Hall–Kier alpha value is -3.70. The molecule has 1 atom stereocenters. The van der Waals surface area contributed by atoms with Crippen molar-refractivity contribution >= 4 is 55.7 Å². The second-order valence-electron chi connectivity index (χ2n) is 8.65. The number of likely N-dealkylation sites (tertiary alicyclic amines) is 1. The molecule has 8 nitrogen and oxygen atoms in total. The fraction of sp³-hybridized carbons (Fsp3) is 0.280. The van der Waals surface area contributed by atoms with Crippen LogP contribution in [0.15, 0.2) is 53.4 Å². The average molecular weight is 510 g/mol. The van der Waals surface area contributed by atoms with E-state index in [2.05, 4.69) is 25.3 Å². The maximum Gasteiger partial charge on any atom is 0.296 e. The third kappa shape index (κ3) is 4.71. The number of fused-ring (bicyclic) bond motifs is 2. The summed E-state index contributed by atoms with van der Waals surface area (Å²) >= 11 is 1.53. The van der Waals surface area contributed by atoms with Crippen molar-refractivity contribution in [1.29, 1.82) is 0 Å². The molecule has 0 radical (unpaired) electrons. The molecular formula is C25H25F2N7OS. The largest absolute Gasteiger partial charge is 0.483 e. The number of nitrogens with one attached hydrogen (secondary N) is 1. The van der Waals surface area contributed by atoms with Gasteiger partial charge in [-0.1, -0.05) is 0 Å². The van der Waals surface area contributed by atoms with Crippen LogP contribution in [0.3, 0.4) is 0 Å². The predicted octanol–water partition coefficient (Wildman–Crippen LogP) is 4.70. The van der Waals surface area contributed by atoms with Crippen molar-refractivity contribution in [2.24, 2.45) is 10.7 Å². The van der Waals surface area contributed by atoms with E-state index in [1.807, 2.05) is 24.3 Å². The smallest absolute Gasteiger partial charge is 0.296 e. The molecule has 11 heteroatoms. The molecule has 0 amide bonds. The lowest BCUT2D eigenvalue weighted by atomic mass is 10.0. The van der Waals surface area contributed by atoms with Gasteiger partial charge in [-0.25, -0.2) is 23.7 Å². The number of anilines is 2. The first-order valence-corrected chi connectivity index (χ1v) is 12.2. The Labute approximate surface area is 210 Å². The van der Waals surface area contributed by atoms with Crippen LogP contribution in [0.2, 0.25) is 0 Å². The van der Waals surface area contributed by atoms with Gasteiger partial charge in [0.25, 0.3) is 5.92 Å². The van der Waals surface area contributed by atoms with Crippen molar-refractivity contribution < 1.29 is 13.5 Å². The molecule has 0 saturated carbocycles. The van der Waals surface area contributed by atoms with Gasteiger partial charge in [-0.15, -0.1) is 11.3 Å². The summed E-state index contributed by atoms with van der Waals surface area (Å²) in [7, 11) is 3.31. The Morgan fingerprint density at radius 2 is 2.11 bits per heavy atom. The summed E-state index contributed by atoms with van der Waals surface area (Å²) in [6, 6.07) is 9.28. The van der Waals surface area contributed by atoms with Crippen molar-refractivity contribution in [3.8, 4) is 5.75 Å². The number of hydrogen-bond donors (Lipinski definition) is 2. The first kappa shape index (κ1) is 24.0. The molecule has 1 aliphatic heterocycles. The van der Waals surface area contributed by atoms with Crippen LogP contribution in [0, 0.1) is 0 Å². The molecule has 3 N–H and O–H groups in total. The second kappa shape index (κ2) is 9.75. The minimum absolute atomic E-state index is 0.184. The third-order valence-corrected chi connectivity index (χ3v) is 6.86. The fourth-order valence-electron chi connectivity index (χ4n) is 4.32. The number of halogens is 2. The number of nitrogens with two attached hydrogens (primary N) is 1. The maximum atomic E-state index is 14.9. The lowest BCUT2D eigenvalue weighted by Gasteiger charge is -2.36. The molecule has 1 saturated heterocycles. The number of piperidine rings is 1. The molecule has 0 spiro atoms. The molecule has 2 aromatic carbocycles. The average Bonchev–Trinajstić information content (AvgIpc) is 3.32. The SMILES string of the molecule is CN=C/C(=C\N)c1cc(OC2CCN(C)CC2(F)F)c2c(Nc3ccc4ncsc4c3)ncnc2c1. The normalized spacial score (nSPS) is 18.8. The number of aromatic nitrogens is 3. The number of rotatable bonds is 6. The van der Waals surface area contributed by atoms with Crippen LogP contribution in [0.1, 0.15) is 12.0 Å². The number of alkyl halides is 2. The number of allylic oxidation sites excluding steroid dienone is 1. The summed E-state index contributed by atoms with van der Waals surface area (Å²) in [4.78, 5) is 18.8. The lowest BCUT2D eigenvalue weighted by Crippen LogP contribution is -2.52. The zero-order chi connectivity index (χ0) is 25.3. The van der Waals surface area contributed by atoms with Crippen molar-refractivity contribution in [2.75, 3.05) is 32.5 Å². The molecule has 5 rings (SSSR count). The minimum atomic E-state index is -3.02. The van der Waals surface area contributed by atoms with Crippen LogP contribution in [-0.2, 0) is 0 Å². The summed E-state index contributed by atoms with van der Waals surface area (Å²) in [5.74, 6) is -2.32. The van der Waals surface area contributed by atoms with Crippen LogP contribution in [0.4, 0.5) is 20.3 Å². The molecule has 36 heavy (non-hydrogen) atoms. The van der Waals surface area contributed by atoms with Gasteiger partial charge in [-0.2, -0.15) is 0 Å². The van der Waals surface area contributed by atoms with Gasteiger partial charge in [0, 0.05) is 43.7 Å². The van der Waals surface area contributed by atoms with E-state index >= 15 is 0 Å². The first-order chi connectivity index (χ1) is 17.4. The van der Waals surface area contributed by atoms with Gasteiger partial charge in [0.1, 0.15) is 17.9 Å². The van der Waals surface area contributed by atoms with Gasteiger partial charge in [-0.05, 0) is 42.9 Å². The van der Waals surface area contributed by atoms with E-state index in [4.69, 9.17) is 10.5 Å². The van der Waals surface area contributed by atoms with Crippen molar-refractivity contribution in [3.05, 3.63) is 53.9 Å². The maximum absolute atomic E-state index is 14.9. The van der Waals surface area contributed by atoms with E-state index < -0.39 is 12.0 Å². The molecular weight excluding hydrogens is 484 g/mol. The Kier molecular flexibility index (Phi) is 6.50. The first-order valence-electron chi connectivity index (χ1n) is 11.3. The summed E-state index contributed by atoms with van der Waals surface area (Å²) in [5, 5.41) is 3.81. The molecule has 0 aliphatic carbocycles. The van der Waals surface area contributed by atoms with Crippen LogP contribution < -0.4 is 15.8 Å². The lowest BCUT2D eigenvalue weighted by molar-refractivity contribution is -0.134. The van der Waals surface area contributed by atoms with Crippen LogP contribution >= 0.6 is 11.3 Å². The van der Waals surface area contributed by atoms with Gasteiger partial charge in [0.15, 0.2) is 6.10 Å². The highest BCUT2D eigenvalue weighted by Crippen LogP contribution is 2.38. The molecule has 1 fully saturated rings. The van der Waals surface area contributed by atoms with Crippen molar-refractivity contribution in [1.82, 2.24) is 19.9 Å².